The van der Waals surface area contributed by atoms with Gasteiger partial charge in [-0.1, -0.05) is 22.5 Å². The van der Waals surface area contributed by atoms with Crippen molar-refractivity contribution in [3.8, 4) is 6.07 Å². The van der Waals surface area contributed by atoms with Gasteiger partial charge in [0.1, 0.15) is 0 Å². The summed E-state index contributed by atoms with van der Waals surface area (Å²) in [7, 11) is 0. The summed E-state index contributed by atoms with van der Waals surface area (Å²) >= 11 is 9.02. The van der Waals surface area contributed by atoms with Gasteiger partial charge in [0.2, 0.25) is 0 Å². The van der Waals surface area contributed by atoms with Crippen LogP contribution >= 0.6 is 27.5 Å². The Morgan fingerprint density at radius 3 is 2.85 bits per heavy atom. The molecule has 0 aromatic heterocycles. The number of nitrogens with zero attached hydrogens (tertiary/aromatic N) is 1. The van der Waals surface area contributed by atoms with Crippen molar-refractivity contribution in [3.63, 3.8) is 0 Å². The Balaban J connectivity index is 3.20. The molecular formula is C10H7BrClN. The van der Waals surface area contributed by atoms with Gasteiger partial charge in [-0.3, -0.25) is 0 Å². The van der Waals surface area contributed by atoms with Gasteiger partial charge >= 0.3 is 0 Å². The van der Waals surface area contributed by atoms with E-state index in [2.05, 4.69) is 28.6 Å². The first-order chi connectivity index (χ1) is 6.19. The summed E-state index contributed by atoms with van der Waals surface area (Å²) in [6, 6.07) is 7.41. The average Bonchev–Trinajstić information content (AvgIpc) is 2.17. The van der Waals surface area contributed by atoms with Gasteiger partial charge in [-0.2, -0.15) is 5.26 Å². The highest BCUT2D eigenvalue weighted by atomic mass is 79.9. The smallest absolute Gasteiger partial charge is 0.0991 e. The molecule has 66 valence electrons. The minimum atomic E-state index is 0.369. The Labute approximate surface area is 90.8 Å². The van der Waals surface area contributed by atoms with E-state index in [1.807, 2.05) is 6.07 Å². The highest BCUT2D eigenvalue weighted by Crippen LogP contribution is 2.24. The summed E-state index contributed by atoms with van der Waals surface area (Å²) in [6.07, 6.45) is 0. The van der Waals surface area contributed by atoms with Crippen LogP contribution in [0, 0.1) is 11.3 Å². The molecule has 0 aliphatic heterocycles. The second-order valence-electron chi connectivity index (χ2n) is 2.54. The first-order valence-corrected chi connectivity index (χ1v) is 4.95. The van der Waals surface area contributed by atoms with E-state index in [1.165, 1.54) is 0 Å². The van der Waals surface area contributed by atoms with Gasteiger partial charge in [-0.15, -0.1) is 11.6 Å². The number of hydrogen-bond acceptors (Lipinski definition) is 1. The minimum absolute atomic E-state index is 0.369. The Hall–Kier alpha value is -0.780. The molecule has 0 bridgehead atoms. The van der Waals surface area contributed by atoms with Crippen molar-refractivity contribution >= 4 is 33.1 Å². The highest BCUT2D eigenvalue weighted by Gasteiger charge is 2.04. The van der Waals surface area contributed by atoms with E-state index in [4.69, 9.17) is 16.9 Å². The van der Waals surface area contributed by atoms with Crippen molar-refractivity contribution in [1.29, 1.82) is 5.26 Å². The summed E-state index contributed by atoms with van der Waals surface area (Å²) < 4.78 is 0.914. The molecule has 3 heteroatoms. The molecular weight excluding hydrogens is 249 g/mol. The van der Waals surface area contributed by atoms with Crippen molar-refractivity contribution in [1.82, 2.24) is 0 Å². The van der Waals surface area contributed by atoms with Gasteiger partial charge < -0.3 is 0 Å². The van der Waals surface area contributed by atoms with Gasteiger partial charge in [0.05, 0.1) is 11.6 Å². The number of hydrogen-bond donors (Lipinski definition) is 0. The number of rotatable bonds is 2. The van der Waals surface area contributed by atoms with Crippen LogP contribution in [0.15, 0.2) is 29.3 Å². The molecule has 0 saturated carbocycles. The molecule has 0 radical (unpaired) electrons. The zero-order valence-corrected chi connectivity index (χ0v) is 9.19. The fraction of sp³-hybridized carbons (Fsp3) is 0.100. The molecule has 0 saturated heterocycles. The van der Waals surface area contributed by atoms with Crippen LogP contribution in [-0.2, 0) is 0 Å². The average molecular weight is 257 g/mol. The van der Waals surface area contributed by atoms with Crippen molar-refractivity contribution in [2.24, 2.45) is 0 Å². The molecule has 0 N–H and O–H groups in total. The molecule has 1 aromatic carbocycles. The van der Waals surface area contributed by atoms with Crippen molar-refractivity contribution in [3.05, 3.63) is 40.4 Å². The largest absolute Gasteiger partial charge is 0.192 e. The predicted octanol–water partition coefficient (Wildman–Crippen LogP) is 3.57. The Kier molecular flexibility index (Phi) is 3.53. The summed E-state index contributed by atoms with van der Waals surface area (Å²) in [4.78, 5) is 0. The fourth-order valence-corrected chi connectivity index (χ4v) is 1.61. The number of nitriles is 1. The number of allylic oxidation sites excluding steroid dienone is 1. The third kappa shape index (κ3) is 2.33. The van der Waals surface area contributed by atoms with E-state index >= 15 is 0 Å². The molecule has 0 atom stereocenters. The highest BCUT2D eigenvalue weighted by molar-refractivity contribution is 9.10. The van der Waals surface area contributed by atoms with Crippen molar-refractivity contribution in [2.75, 3.05) is 5.88 Å². The second kappa shape index (κ2) is 4.45. The SMILES string of the molecule is C=C(CCl)c1cc(C#N)ccc1Br. The van der Waals surface area contributed by atoms with E-state index in [1.54, 1.807) is 12.1 Å². The lowest BCUT2D eigenvalue weighted by Crippen LogP contribution is -1.87. The number of halogens is 2. The van der Waals surface area contributed by atoms with E-state index in [0.29, 0.717) is 11.4 Å². The number of alkyl halides is 1. The van der Waals surface area contributed by atoms with Crippen LogP contribution in [0.5, 0.6) is 0 Å². The van der Waals surface area contributed by atoms with Gasteiger partial charge in [0.15, 0.2) is 0 Å². The predicted molar refractivity (Wildman–Crippen MR) is 58.6 cm³/mol. The van der Waals surface area contributed by atoms with Crippen molar-refractivity contribution < 1.29 is 0 Å². The van der Waals surface area contributed by atoms with Crippen LogP contribution in [0.4, 0.5) is 0 Å². The van der Waals surface area contributed by atoms with E-state index in [9.17, 15) is 0 Å². The third-order valence-electron chi connectivity index (χ3n) is 1.64. The van der Waals surface area contributed by atoms with E-state index in [-0.39, 0.29) is 0 Å². The van der Waals surface area contributed by atoms with Gasteiger partial charge in [-0.25, -0.2) is 0 Å². The second-order valence-corrected chi connectivity index (χ2v) is 3.67. The van der Waals surface area contributed by atoms with Crippen molar-refractivity contribution in [2.45, 2.75) is 0 Å². The first kappa shape index (κ1) is 10.3. The maximum atomic E-state index is 8.68. The lowest BCUT2D eigenvalue weighted by Gasteiger charge is -2.04. The molecule has 0 heterocycles. The van der Waals surface area contributed by atoms with E-state index in [0.717, 1.165) is 15.6 Å². The molecule has 1 nitrogen and oxygen atoms in total. The summed E-state index contributed by atoms with van der Waals surface area (Å²) in [5, 5.41) is 8.68. The fourth-order valence-electron chi connectivity index (χ4n) is 0.938. The van der Waals surface area contributed by atoms with Crippen LogP contribution in [0.1, 0.15) is 11.1 Å². The molecule has 0 aliphatic rings. The Bertz CT molecular complexity index is 379. The van der Waals surface area contributed by atoms with E-state index < -0.39 is 0 Å². The van der Waals surface area contributed by atoms with Crippen LogP contribution < -0.4 is 0 Å². The van der Waals surface area contributed by atoms with Gasteiger partial charge in [0.25, 0.3) is 0 Å². The summed E-state index contributed by atoms with van der Waals surface area (Å²) in [6.45, 7) is 3.81. The molecule has 0 amide bonds. The zero-order valence-electron chi connectivity index (χ0n) is 6.85. The standard InChI is InChI=1S/C10H7BrClN/c1-7(5-12)9-4-8(6-13)2-3-10(9)11/h2-4H,1,5H2. The zero-order chi connectivity index (χ0) is 9.84. The molecule has 13 heavy (non-hydrogen) atoms. The van der Waals surface area contributed by atoms with Gasteiger partial charge in [0, 0.05) is 10.4 Å². The normalized spacial score (nSPS) is 9.31. The molecule has 1 rings (SSSR count). The molecule has 0 spiro atoms. The monoisotopic (exact) mass is 255 g/mol. The number of benzene rings is 1. The molecule has 1 aromatic rings. The quantitative estimate of drug-likeness (QED) is 0.742. The lowest BCUT2D eigenvalue weighted by atomic mass is 10.1. The molecule has 0 aliphatic carbocycles. The Morgan fingerprint density at radius 1 is 1.62 bits per heavy atom. The van der Waals surface area contributed by atoms with Crippen LogP contribution in [0.3, 0.4) is 0 Å². The van der Waals surface area contributed by atoms with Gasteiger partial charge in [-0.05, 0) is 29.3 Å². The maximum absolute atomic E-state index is 8.68. The third-order valence-corrected chi connectivity index (χ3v) is 2.65. The van der Waals surface area contributed by atoms with Crippen LogP contribution in [0.25, 0.3) is 5.57 Å². The maximum Gasteiger partial charge on any atom is 0.0991 e. The first-order valence-electron chi connectivity index (χ1n) is 3.62. The van der Waals surface area contributed by atoms with Crippen LogP contribution in [-0.4, -0.2) is 5.88 Å². The Morgan fingerprint density at radius 2 is 2.31 bits per heavy atom. The van der Waals surface area contributed by atoms with Crippen LogP contribution in [0.2, 0.25) is 0 Å². The minimum Gasteiger partial charge on any atom is -0.192 e. The summed E-state index contributed by atoms with van der Waals surface area (Å²) in [5.41, 5.74) is 2.32. The summed E-state index contributed by atoms with van der Waals surface area (Å²) in [5.74, 6) is 0.369. The molecule has 0 unspecified atom stereocenters. The topological polar surface area (TPSA) is 23.8 Å². The lowest BCUT2D eigenvalue weighted by molar-refractivity contribution is 1.45. The molecule has 0 fully saturated rings.